The van der Waals surface area contributed by atoms with Crippen molar-refractivity contribution >= 4 is 23.2 Å². The third kappa shape index (κ3) is 4.63. The Hall–Kier alpha value is -2.21. The molecule has 1 atom stereocenters. The highest BCUT2D eigenvalue weighted by molar-refractivity contribution is 7.13. The van der Waals surface area contributed by atoms with E-state index in [2.05, 4.69) is 16.4 Å². The van der Waals surface area contributed by atoms with Crippen LogP contribution in [0.5, 0.6) is 0 Å². The molecule has 6 heteroatoms. The van der Waals surface area contributed by atoms with E-state index in [1.54, 1.807) is 6.92 Å². The largest absolute Gasteiger partial charge is 0.477 e. The number of amides is 1. The molecule has 1 amide bonds. The summed E-state index contributed by atoms with van der Waals surface area (Å²) in [5, 5.41) is 12.5. The van der Waals surface area contributed by atoms with Crippen LogP contribution in [-0.2, 0) is 11.2 Å². The Morgan fingerprint density at radius 3 is 2.70 bits per heavy atom. The molecule has 0 fully saturated rings. The Kier molecular flexibility index (Phi) is 5.50. The van der Waals surface area contributed by atoms with E-state index < -0.39 is 5.97 Å². The predicted octanol–water partition coefficient (Wildman–Crippen LogP) is 3.27. The van der Waals surface area contributed by atoms with Crippen LogP contribution in [0.25, 0.3) is 0 Å². The SMILES string of the molecule is Cc1cccc(CCC(=O)NC(C)c2nc(C)c(C(=O)O)s2)c1. The summed E-state index contributed by atoms with van der Waals surface area (Å²) in [5.74, 6) is -1.05. The zero-order chi connectivity index (χ0) is 17.0. The van der Waals surface area contributed by atoms with Gasteiger partial charge in [-0.3, -0.25) is 4.79 Å². The van der Waals surface area contributed by atoms with Crippen LogP contribution in [0.3, 0.4) is 0 Å². The summed E-state index contributed by atoms with van der Waals surface area (Å²) in [7, 11) is 0. The lowest BCUT2D eigenvalue weighted by Crippen LogP contribution is -2.26. The van der Waals surface area contributed by atoms with Crippen LogP contribution >= 0.6 is 11.3 Å². The topological polar surface area (TPSA) is 79.3 Å². The minimum absolute atomic E-state index is 0.0660. The third-order valence-electron chi connectivity index (χ3n) is 3.48. The number of carboxylic acids is 1. The fourth-order valence-electron chi connectivity index (χ4n) is 2.30. The lowest BCUT2D eigenvalue weighted by atomic mass is 10.1. The molecule has 0 aliphatic heterocycles. The van der Waals surface area contributed by atoms with E-state index in [-0.39, 0.29) is 16.8 Å². The summed E-state index contributed by atoms with van der Waals surface area (Å²) in [5.41, 5.74) is 2.79. The van der Waals surface area contributed by atoms with E-state index in [0.717, 1.165) is 16.9 Å². The van der Waals surface area contributed by atoms with Gasteiger partial charge in [0.1, 0.15) is 9.88 Å². The number of carbonyl (C=O) groups excluding carboxylic acids is 1. The lowest BCUT2D eigenvalue weighted by Gasteiger charge is -2.11. The summed E-state index contributed by atoms with van der Waals surface area (Å²) >= 11 is 1.11. The molecule has 122 valence electrons. The molecule has 5 nitrogen and oxygen atoms in total. The number of benzene rings is 1. The minimum atomic E-state index is -0.982. The van der Waals surface area contributed by atoms with Gasteiger partial charge in [-0.25, -0.2) is 9.78 Å². The summed E-state index contributed by atoms with van der Waals surface area (Å²) < 4.78 is 0. The number of hydrogen-bond acceptors (Lipinski definition) is 4. The van der Waals surface area contributed by atoms with Crippen LogP contribution in [0.2, 0.25) is 0 Å². The second kappa shape index (κ2) is 7.37. The molecule has 2 aromatic rings. The number of nitrogens with zero attached hydrogens (tertiary/aromatic N) is 1. The molecule has 1 aromatic carbocycles. The molecule has 23 heavy (non-hydrogen) atoms. The Morgan fingerprint density at radius 2 is 2.09 bits per heavy atom. The van der Waals surface area contributed by atoms with Crippen LogP contribution in [-0.4, -0.2) is 22.0 Å². The molecule has 0 aliphatic carbocycles. The Balaban J connectivity index is 1.92. The molecule has 0 radical (unpaired) electrons. The van der Waals surface area contributed by atoms with Gasteiger partial charge in [0, 0.05) is 6.42 Å². The molecule has 2 rings (SSSR count). The Labute approximate surface area is 139 Å². The second-order valence-electron chi connectivity index (χ2n) is 5.55. The maximum absolute atomic E-state index is 12.1. The van der Waals surface area contributed by atoms with Gasteiger partial charge in [-0.05, 0) is 32.8 Å². The summed E-state index contributed by atoms with van der Waals surface area (Å²) in [6.45, 7) is 5.50. The maximum Gasteiger partial charge on any atom is 0.347 e. The van der Waals surface area contributed by atoms with E-state index in [1.165, 1.54) is 5.56 Å². The van der Waals surface area contributed by atoms with Crippen molar-refractivity contribution in [2.45, 2.75) is 39.7 Å². The van der Waals surface area contributed by atoms with E-state index in [0.29, 0.717) is 23.5 Å². The number of hydrogen-bond donors (Lipinski definition) is 2. The number of aromatic nitrogens is 1. The predicted molar refractivity (Wildman–Crippen MR) is 89.9 cm³/mol. The average molecular weight is 332 g/mol. The normalized spacial score (nSPS) is 12.0. The first kappa shape index (κ1) is 17.1. The van der Waals surface area contributed by atoms with Crippen molar-refractivity contribution in [1.82, 2.24) is 10.3 Å². The highest BCUT2D eigenvalue weighted by Crippen LogP contribution is 2.23. The summed E-state index contributed by atoms with van der Waals surface area (Å²) in [6, 6.07) is 7.79. The maximum atomic E-state index is 12.1. The zero-order valence-electron chi connectivity index (χ0n) is 13.4. The molecule has 0 spiro atoms. The van der Waals surface area contributed by atoms with E-state index in [1.807, 2.05) is 32.0 Å². The highest BCUT2D eigenvalue weighted by atomic mass is 32.1. The van der Waals surface area contributed by atoms with Gasteiger partial charge in [0.15, 0.2) is 0 Å². The highest BCUT2D eigenvalue weighted by Gasteiger charge is 2.19. The van der Waals surface area contributed by atoms with Gasteiger partial charge >= 0.3 is 5.97 Å². The van der Waals surface area contributed by atoms with Crippen LogP contribution in [0, 0.1) is 13.8 Å². The molecule has 1 heterocycles. The number of carboxylic acid groups (broad SMARTS) is 1. The van der Waals surface area contributed by atoms with Crippen molar-refractivity contribution in [3.05, 3.63) is 51.0 Å². The molecule has 1 unspecified atom stereocenters. The van der Waals surface area contributed by atoms with Crippen molar-refractivity contribution in [3.63, 3.8) is 0 Å². The van der Waals surface area contributed by atoms with E-state index >= 15 is 0 Å². The van der Waals surface area contributed by atoms with Gasteiger partial charge in [-0.1, -0.05) is 29.8 Å². The van der Waals surface area contributed by atoms with Crippen LogP contribution in [0.1, 0.15) is 50.9 Å². The van der Waals surface area contributed by atoms with Crippen molar-refractivity contribution in [3.8, 4) is 0 Å². The Bertz CT molecular complexity index is 724. The number of aromatic carboxylic acids is 1. The third-order valence-corrected chi connectivity index (χ3v) is 4.81. The van der Waals surface area contributed by atoms with Crippen molar-refractivity contribution < 1.29 is 14.7 Å². The number of aryl methyl sites for hydroxylation is 3. The fraction of sp³-hybridized carbons (Fsp3) is 0.353. The van der Waals surface area contributed by atoms with Gasteiger partial charge in [-0.2, -0.15) is 0 Å². The summed E-state index contributed by atoms with van der Waals surface area (Å²) in [6.07, 6.45) is 1.07. The first-order valence-electron chi connectivity index (χ1n) is 7.42. The number of thiazole rings is 1. The molecule has 1 aromatic heterocycles. The standard InChI is InChI=1S/C17H20N2O3S/c1-10-5-4-6-13(9-10)7-8-14(20)18-12(3)16-19-11(2)15(23-16)17(21)22/h4-6,9,12H,7-8H2,1-3H3,(H,18,20)(H,21,22). The van der Waals surface area contributed by atoms with Gasteiger partial charge in [0.25, 0.3) is 0 Å². The molecule has 0 aliphatic rings. The zero-order valence-corrected chi connectivity index (χ0v) is 14.2. The molecular formula is C17H20N2O3S. The fourth-order valence-corrected chi connectivity index (χ4v) is 3.21. The van der Waals surface area contributed by atoms with Crippen molar-refractivity contribution in [1.29, 1.82) is 0 Å². The van der Waals surface area contributed by atoms with Crippen LogP contribution in [0.4, 0.5) is 0 Å². The van der Waals surface area contributed by atoms with E-state index in [9.17, 15) is 9.59 Å². The van der Waals surface area contributed by atoms with E-state index in [4.69, 9.17) is 5.11 Å². The average Bonchev–Trinajstić information content (AvgIpc) is 2.87. The molecule has 2 N–H and O–H groups in total. The minimum Gasteiger partial charge on any atom is -0.477 e. The molecule has 0 saturated carbocycles. The first-order valence-corrected chi connectivity index (χ1v) is 8.24. The number of rotatable bonds is 6. The quantitative estimate of drug-likeness (QED) is 0.851. The monoisotopic (exact) mass is 332 g/mol. The first-order chi connectivity index (χ1) is 10.9. The van der Waals surface area contributed by atoms with Crippen molar-refractivity contribution in [2.75, 3.05) is 0 Å². The van der Waals surface area contributed by atoms with Crippen LogP contribution < -0.4 is 5.32 Å². The smallest absolute Gasteiger partial charge is 0.347 e. The number of nitrogens with one attached hydrogen (secondary N) is 1. The van der Waals surface area contributed by atoms with Crippen LogP contribution in [0.15, 0.2) is 24.3 Å². The molecule has 0 bridgehead atoms. The molecular weight excluding hydrogens is 312 g/mol. The lowest BCUT2D eigenvalue weighted by molar-refractivity contribution is -0.121. The second-order valence-corrected chi connectivity index (χ2v) is 6.58. The van der Waals surface area contributed by atoms with Gasteiger partial charge in [0.2, 0.25) is 5.91 Å². The summed E-state index contributed by atoms with van der Waals surface area (Å²) in [4.78, 5) is 27.6. The van der Waals surface area contributed by atoms with Crippen molar-refractivity contribution in [2.24, 2.45) is 0 Å². The molecule has 0 saturated heterocycles. The number of carbonyl (C=O) groups is 2. The van der Waals surface area contributed by atoms with Gasteiger partial charge in [-0.15, -0.1) is 11.3 Å². The van der Waals surface area contributed by atoms with Gasteiger partial charge in [0.05, 0.1) is 11.7 Å². The Morgan fingerprint density at radius 1 is 1.35 bits per heavy atom. The van der Waals surface area contributed by atoms with Gasteiger partial charge < -0.3 is 10.4 Å².